The van der Waals surface area contributed by atoms with Crippen LogP contribution in [-0.2, 0) is 22.9 Å². The first-order valence-electron chi connectivity index (χ1n) is 10.6. The fraction of sp³-hybridized carbons (Fsp3) is 0.591. The van der Waals surface area contributed by atoms with Crippen LogP contribution in [0.5, 0.6) is 0 Å². The number of rotatable bonds is 6. The molecule has 1 atom stereocenters. The molecule has 3 heterocycles. The van der Waals surface area contributed by atoms with E-state index >= 15 is 0 Å². The Balaban J connectivity index is 1.41. The van der Waals surface area contributed by atoms with Gasteiger partial charge in [0.2, 0.25) is 0 Å². The first-order chi connectivity index (χ1) is 14.4. The maximum Gasteiger partial charge on any atom is 0.434 e. The Morgan fingerprint density at radius 1 is 1.03 bits per heavy atom. The van der Waals surface area contributed by atoms with Crippen molar-refractivity contribution in [1.82, 2.24) is 20.3 Å². The van der Waals surface area contributed by atoms with Crippen LogP contribution < -0.4 is 5.32 Å². The van der Waals surface area contributed by atoms with Crippen molar-refractivity contribution in [2.24, 2.45) is 0 Å². The summed E-state index contributed by atoms with van der Waals surface area (Å²) in [6, 6.07) is 6.07. The van der Waals surface area contributed by atoms with E-state index in [4.69, 9.17) is 4.74 Å². The Morgan fingerprint density at radius 2 is 1.87 bits per heavy atom. The highest BCUT2D eigenvalue weighted by atomic mass is 19.4. The number of nitrogens with zero attached hydrogens (tertiary/aromatic N) is 3. The first kappa shape index (κ1) is 21.2. The Hall–Kier alpha value is -2.06. The highest BCUT2D eigenvalue weighted by Crippen LogP contribution is 2.49. The molecule has 0 radical (unpaired) electrons. The van der Waals surface area contributed by atoms with Crippen molar-refractivity contribution in [3.63, 3.8) is 0 Å². The average molecular weight is 420 g/mol. The van der Waals surface area contributed by atoms with Gasteiger partial charge in [-0.15, -0.1) is 0 Å². The third-order valence-corrected chi connectivity index (χ3v) is 6.45. The summed E-state index contributed by atoms with van der Waals surface area (Å²) >= 11 is 0. The SMILES string of the molecule is FC(F)(F)c1cnc(CNCC[C@@]2(c3ccccn3)CCOC3(CCCC3)C2)cn1. The molecule has 0 aromatic carbocycles. The molecule has 162 valence electrons. The molecule has 1 saturated carbocycles. The molecule has 0 bridgehead atoms. The summed E-state index contributed by atoms with van der Waals surface area (Å²) in [5, 5.41) is 3.33. The molecule has 2 aromatic rings. The van der Waals surface area contributed by atoms with E-state index in [1.54, 1.807) is 0 Å². The molecule has 8 heteroatoms. The highest BCUT2D eigenvalue weighted by molar-refractivity contribution is 5.20. The summed E-state index contributed by atoms with van der Waals surface area (Å²) in [5.74, 6) is 0. The number of hydrogen-bond donors (Lipinski definition) is 1. The van der Waals surface area contributed by atoms with Gasteiger partial charge in [-0.25, -0.2) is 4.98 Å². The fourth-order valence-corrected chi connectivity index (χ4v) is 4.93. The molecule has 30 heavy (non-hydrogen) atoms. The number of pyridine rings is 1. The zero-order valence-electron chi connectivity index (χ0n) is 16.9. The van der Waals surface area contributed by atoms with Gasteiger partial charge in [-0.05, 0) is 50.8 Å². The monoisotopic (exact) mass is 420 g/mol. The molecule has 0 unspecified atom stereocenters. The van der Waals surface area contributed by atoms with E-state index in [-0.39, 0.29) is 11.0 Å². The van der Waals surface area contributed by atoms with Crippen LogP contribution in [0.25, 0.3) is 0 Å². The van der Waals surface area contributed by atoms with Crippen LogP contribution in [0.2, 0.25) is 0 Å². The second-order valence-electron chi connectivity index (χ2n) is 8.48. The molecule has 2 aliphatic rings. The van der Waals surface area contributed by atoms with Crippen molar-refractivity contribution in [2.75, 3.05) is 13.2 Å². The Morgan fingerprint density at radius 3 is 2.53 bits per heavy atom. The summed E-state index contributed by atoms with van der Waals surface area (Å²) in [4.78, 5) is 12.0. The molecule has 1 saturated heterocycles. The maximum atomic E-state index is 12.6. The summed E-state index contributed by atoms with van der Waals surface area (Å²) in [7, 11) is 0. The van der Waals surface area contributed by atoms with Crippen molar-refractivity contribution < 1.29 is 17.9 Å². The quantitative estimate of drug-likeness (QED) is 0.701. The van der Waals surface area contributed by atoms with Gasteiger partial charge in [-0.3, -0.25) is 9.97 Å². The largest absolute Gasteiger partial charge is 0.434 e. The molecular weight excluding hydrogens is 393 g/mol. The van der Waals surface area contributed by atoms with Crippen molar-refractivity contribution >= 4 is 0 Å². The van der Waals surface area contributed by atoms with Gasteiger partial charge in [0.1, 0.15) is 0 Å². The van der Waals surface area contributed by atoms with Gasteiger partial charge < -0.3 is 10.1 Å². The minimum Gasteiger partial charge on any atom is -0.375 e. The summed E-state index contributed by atoms with van der Waals surface area (Å²) in [6.45, 7) is 1.83. The van der Waals surface area contributed by atoms with Gasteiger partial charge in [-0.1, -0.05) is 18.9 Å². The van der Waals surface area contributed by atoms with E-state index < -0.39 is 11.9 Å². The van der Waals surface area contributed by atoms with Gasteiger partial charge in [0.25, 0.3) is 0 Å². The summed E-state index contributed by atoms with van der Waals surface area (Å²) in [6.07, 6.45) is 6.78. The van der Waals surface area contributed by atoms with E-state index in [0.29, 0.717) is 12.2 Å². The van der Waals surface area contributed by atoms with Crippen molar-refractivity contribution in [1.29, 1.82) is 0 Å². The molecule has 1 spiro atoms. The smallest absolute Gasteiger partial charge is 0.375 e. The first-order valence-corrected chi connectivity index (χ1v) is 10.6. The Labute approximate surface area is 174 Å². The third-order valence-electron chi connectivity index (χ3n) is 6.45. The van der Waals surface area contributed by atoms with E-state index in [9.17, 15) is 13.2 Å². The standard InChI is InChI=1S/C22H27F3N4O/c23-22(24,25)19-15-28-17(14-29-19)13-26-11-8-20(18-5-1-4-10-27-18)9-12-30-21(16-20)6-2-3-7-21/h1,4-5,10,14-15,26H,2-3,6-9,11-13,16H2/t20-/m1/s1. The molecule has 2 fully saturated rings. The maximum absolute atomic E-state index is 12.6. The zero-order valence-corrected chi connectivity index (χ0v) is 16.9. The molecule has 1 N–H and O–H groups in total. The molecule has 5 nitrogen and oxygen atoms in total. The number of nitrogens with one attached hydrogen (secondary N) is 1. The zero-order chi connectivity index (χ0) is 21.1. The lowest BCUT2D eigenvalue weighted by Gasteiger charge is -2.46. The minimum absolute atomic E-state index is 0.0331. The molecule has 1 aliphatic heterocycles. The molecule has 1 aliphatic carbocycles. The van der Waals surface area contributed by atoms with Crippen molar-refractivity contribution in [2.45, 2.75) is 68.7 Å². The molecular formula is C22H27F3N4O. The molecule has 0 amide bonds. The fourth-order valence-electron chi connectivity index (χ4n) is 4.93. The number of hydrogen-bond acceptors (Lipinski definition) is 5. The normalized spacial score (nSPS) is 23.7. The van der Waals surface area contributed by atoms with E-state index in [1.165, 1.54) is 19.0 Å². The predicted octanol–water partition coefficient (Wildman–Crippen LogP) is 4.43. The van der Waals surface area contributed by atoms with Crippen LogP contribution in [0, 0.1) is 0 Å². The predicted molar refractivity (Wildman–Crippen MR) is 106 cm³/mol. The minimum atomic E-state index is -4.47. The lowest BCUT2D eigenvalue weighted by atomic mass is 9.68. The van der Waals surface area contributed by atoms with Crippen molar-refractivity contribution in [3.8, 4) is 0 Å². The third kappa shape index (κ3) is 4.64. The number of alkyl halides is 3. The second kappa shape index (κ2) is 8.59. The number of aromatic nitrogens is 3. The Bertz CT molecular complexity index is 823. The second-order valence-corrected chi connectivity index (χ2v) is 8.48. The van der Waals surface area contributed by atoms with Crippen LogP contribution in [0.4, 0.5) is 13.2 Å². The molecule has 4 rings (SSSR count). The number of halogens is 3. The van der Waals surface area contributed by atoms with Gasteiger partial charge in [-0.2, -0.15) is 13.2 Å². The topological polar surface area (TPSA) is 59.9 Å². The lowest BCUT2D eigenvalue weighted by Crippen LogP contribution is -2.47. The summed E-state index contributed by atoms with van der Waals surface area (Å²) in [5.41, 5.74) is 0.548. The van der Waals surface area contributed by atoms with Crippen LogP contribution in [0.3, 0.4) is 0 Å². The lowest BCUT2D eigenvalue weighted by molar-refractivity contribution is -0.141. The Kier molecular flexibility index (Phi) is 6.06. The average Bonchev–Trinajstić information content (AvgIpc) is 3.19. The van der Waals surface area contributed by atoms with E-state index in [1.807, 2.05) is 18.3 Å². The van der Waals surface area contributed by atoms with Crippen molar-refractivity contribution in [3.05, 3.63) is 53.9 Å². The van der Waals surface area contributed by atoms with Gasteiger partial charge in [0, 0.05) is 30.5 Å². The van der Waals surface area contributed by atoms with E-state index in [0.717, 1.165) is 57.1 Å². The van der Waals surface area contributed by atoms with Crippen LogP contribution in [0.15, 0.2) is 36.8 Å². The molecule has 2 aromatic heterocycles. The van der Waals surface area contributed by atoms with E-state index in [2.05, 4.69) is 26.3 Å². The van der Waals surface area contributed by atoms with Gasteiger partial charge in [0.05, 0.1) is 23.7 Å². The highest BCUT2D eigenvalue weighted by Gasteiger charge is 2.48. The van der Waals surface area contributed by atoms with Gasteiger partial charge >= 0.3 is 6.18 Å². The van der Waals surface area contributed by atoms with Crippen LogP contribution in [-0.4, -0.2) is 33.7 Å². The summed E-state index contributed by atoms with van der Waals surface area (Å²) < 4.78 is 44.1. The van der Waals surface area contributed by atoms with Gasteiger partial charge in [0.15, 0.2) is 5.69 Å². The van der Waals surface area contributed by atoms with Crippen LogP contribution >= 0.6 is 0 Å². The number of ether oxygens (including phenoxy) is 1. The van der Waals surface area contributed by atoms with Crippen LogP contribution in [0.1, 0.15) is 62.0 Å².